The fourth-order valence-corrected chi connectivity index (χ4v) is 4.46. The van der Waals surface area contributed by atoms with Crippen molar-refractivity contribution in [2.45, 2.75) is 6.04 Å². The third-order valence-electron chi connectivity index (χ3n) is 6.29. The number of piperazine rings is 1. The van der Waals surface area contributed by atoms with E-state index >= 15 is 0 Å². The van der Waals surface area contributed by atoms with Gasteiger partial charge < -0.3 is 14.6 Å². The summed E-state index contributed by atoms with van der Waals surface area (Å²) in [5.41, 5.74) is 1.67. The van der Waals surface area contributed by atoms with Crippen LogP contribution in [0.2, 0.25) is 0 Å². The van der Waals surface area contributed by atoms with Crippen LogP contribution in [0.25, 0.3) is 10.8 Å². The molecule has 5 rings (SSSR count). The standard InChI is InChI=1S/C27H26FN3O2/c28-23-9-11-24(12-10-23)30-13-15-31(16-14-30)25(26-6-3-17-33-26)19-29-27(32)22-8-7-20-4-1-2-5-21(20)18-22/h1-12,17-18,25H,13-16,19H2,(H,29,32). The van der Waals surface area contributed by atoms with Gasteiger partial charge in [-0.15, -0.1) is 0 Å². The van der Waals surface area contributed by atoms with Crippen LogP contribution in [0.15, 0.2) is 89.5 Å². The van der Waals surface area contributed by atoms with Crippen LogP contribution in [0.4, 0.5) is 10.1 Å². The summed E-state index contributed by atoms with van der Waals surface area (Å²) in [6.07, 6.45) is 1.67. The van der Waals surface area contributed by atoms with Gasteiger partial charge in [-0.2, -0.15) is 0 Å². The summed E-state index contributed by atoms with van der Waals surface area (Å²) in [6, 6.07) is 24.2. The molecule has 3 aromatic carbocycles. The first-order valence-corrected chi connectivity index (χ1v) is 11.2. The highest BCUT2D eigenvalue weighted by molar-refractivity contribution is 5.98. The van der Waals surface area contributed by atoms with Crippen molar-refractivity contribution in [2.24, 2.45) is 0 Å². The molecule has 168 valence electrons. The van der Waals surface area contributed by atoms with Crippen LogP contribution >= 0.6 is 0 Å². The normalized spacial score (nSPS) is 15.5. The van der Waals surface area contributed by atoms with Gasteiger partial charge >= 0.3 is 0 Å². The first-order valence-electron chi connectivity index (χ1n) is 11.2. The molecule has 0 spiro atoms. The summed E-state index contributed by atoms with van der Waals surface area (Å²) in [6.45, 7) is 3.72. The number of furan rings is 1. The third kappa shape index (κ3) is 4.76. The molecule has 1 aromatic heterocycles. The molecule has 1 fully saturated rings. The van der Waals surface area contributed by atoms with Crippen molar-refractivity contribution < 1.29 is 13.6 Å². The maximum absolute atomic E-state index is 13.3. The average molecular weight is 444 g/mol. The first kappa shape index (κ1) is 21.2. The van der Waals surface area contributed by atoms with Gasteiger partial charge in [-0.1, -0.05) is 30.3 Å². The van der Waals surface area contributed by atoms with E-state index in [4.69, 9.17) is 4.42 Å². The number of rotatable bonds is 6. The number of anilines is 1. The Balaban J connectivity index is 1.25. The number of benzene rings is 3. The Kier molecular flexibility index (Phi) is 6.09. The fourth-order valence-electron chi connectivity index (χ4n) is 4.46. The number of hydrogen-bond acceptors (Lipinski definition) is 4. The van der Waals surface area contributed by atoms with Crippen molar-refractivity contribution in [1.29, 1.82) is 0 Å². The van der Waals surface area contributed by atoms with Gasteiger partial charge in [0.2, 0.25) is 0 Å². The number of halogens is 1. The highest BCUT2D eigenvalue weighted by Gasteiger charge is 2.27. The Bertz CT molecular complexity index is 1220. The maximum atomic E-state index is 13.3. The topological polar surface area (TPSA) is 48.7 Å². The number of carbonyl (C=O) groups excluding carboxylic acids is 1. The van der Waals surface area contributed by atoms with E-state index < -0.39 is 0 Å². The molecule has 0 saturated carbocycles. The predicted molar refractivity (Wildman–Crippen MR) is 128 cm³/mol. The molecule has 5 nitrogen and oxygen atoms in total. The summed E-state index contributed by atoms with van der Waals surface area (Å²) in [5.74, 6) is 0.517. The molecule has 33 heavy (non-hydrogen) atoms. The Labute approximate surface area is 192 Å². The van der Waals surface area contributed by atoms with E-state index in [1.54, 1.807) is 6.26 Å². The van der Waals surface area contributed by atoms with Crippen LogP contribution in [0, 0.1) is 5.82 Å². The van der Waals surface area contributed by atoms with Gasteiger partial charge in [-0.25, -0.2) is 4.39 Å². The van der Waals surface area contributed by atoms with Gasteiger partial charge in [-0.05, 0) is 59.3 Å². The van der Waals surface area contributed by atoms with Gasteiger partial charge in [0.25, 0.3) is 5.91 Å². The molecule has 0 bridgehead atoms. The van der Waals surface area contributed by atoms with E-state index in [0.717, 1.165) is 48.4 Å². The SMILES string of the molecule is O=C(NCC(c1ccco1)N1CCN(c2ccc(F)cc2)CC1)c1ccc2ccccc2c1. The van der Waals surface area contributed by atoms with Gasteiger partial charge in [0.15, 0.2) is 0 Å². The van der Waals surface area contributed by atoms with Crippen LogP contribution in [-0.2, 0) is 0 Å². The zero-order valence-corrected chi connectivity index (χ0v) is 18.3. The summed E-state index contributed by atoms with van der Waals surface area (Å²) in [4.78, 5) is 17.5. The molecule has 0 radical (unpaired) electrons. The maximum Gasteiger partial charge on any atom is 0.251 e. The second-order valence-corrected chi connectivity index (χ2v) is 8.30. The molecule has 0 aliphatic carbocycles. The van der Waals surface area contributed by atoms with E-state index in [9.17, 15) is 9.18 Å². The van der Waals surface area contributed by atoms with Crippen LogP contribution < -0.4 is 10.2 Å². The highest BCUT2D eigenvalue weighted by atomic mass is 19.1. The van der Waals surface area contributed by atoms with Crippen molar-refractivity contribution in [3.63, 3.8) is 0 Å². The molecular formula is C27H26FN3O2. The second-order valence-electron chi connectivity index (χ2n) is 8.30. The molecule has 1 aliphatic heterocycles. The number of carbonyl (C=O) groups is 1. The minimum Gasteiger partial charge on any atom is -0.468 e. The quantitative estimate of drug-likeness (QED) is 0.462. The number of nitrogens with one attached hydrogen (secondary N) is 1. The Morgan fingerprint density at radius 1 is 0.909 bits per heavy atom. The number of fused-ring (bicyclic) bond motifs is 1. The van der Waals surface area contributed by atoms with Crippen LogP contribution in [-0.4, -0.2) is 43.5 Å². The second kappa shape index (κ2) is 9.46. The average Bonchev–Trinajstić information content (AvgIpc) is 3.39. The Morgan fingerprint density at radius 2 is 1.67 bits per heavy atom. The zero-order valence-electron chi connectivity index (χ0n) is 18.3. The molecule has 4 aromatic rings. The van der Waals surface area contributed by atoms with Crippen molar-refractivity contribution in [3.8, 4) is 0 Å². The smallest absolute Gasteiger partial charge is 0.251 e. The van der Waals surface area contributed by atoms with Crippen molar-refractivity contribution in [1.82, 2.24) is 10.2 Å². The van der Waals surface area contributed by atoms with Gasteiger partial charge in [-0.3, -0.25) is 9.69 Å². The van der Waals surface area contributed by atoms with E-state index in [1.807, 2.05) is 66.7 Å². The molecule has 1 aliphatic rings. The van der Waals surface area contributed by atoms with E-state index in [2.05, 4.69) is 15.1 Å². The van der Waals surface area contributed by atoms with Gasteiger partial charge in [0, 0.05) is 44.0 Å². The minimum absolute atomic E-state index is 0.0558. The lowest BCUT2D eigenvalue weighted by atomic mass is 10.1. The zero-order chi connectivity index (χ0) is 22.6. The Morgan fingerprint density at radius 3 is 2.39 bits per heavy atom. The molecule has 1 amide bonds. The molecule has 1 atom stereocenters. The van der Waals surface area contributed by atoms with Crippen LogP contribution in [0.5, 0.6) is 0 Å². The summed E-state index contributed by atoms with van der Waals surface area (Å²) in [5, 5.41) is 5.26. The molecule has 6 heteroatoms. The molecule has 1 saturated heterocycles. The molecular weight excluding hydrogens is 417 g/mol. The third-order valence-corrected chi connectivity index (χ3v) is 6.29. The predicted octanol–water partition coefficient (Wildman–Crippen LogP) is 4.87. The van der Waals surface area contributed by atoms with E-state index in [0.29, 0.717) is 12.1 Å². The number of hydrogen-bond donors (Lipinski definition) is 1. The largest absolute Gasteiger partial charge is 0.468 e. The van der Waals surface area contributed by atoms with Crippen molar-refractivity contribution >= 4 is 22.4 Å². The van der Waals surface area contributed by atoms with E-state index in [1.165, 1.54) is 12.1 Å². The molecule has 1 N–H and O–H groups in total. The molecule has 2 heterocycles. The number of amides is 1. The molecule has 1 unspecified atom stereocenters. The first-order chi connectivity index (χ1) is 16.2. The van der Waals surface area contributed by atoms with Crippen molar-refractivity contribution in [3.05, 3.63) is 102 Å². The fraction of sp³-hybridized carbons (Fsp3) is 0.222. The monoisotopic (exact) mass is 443 g/mol. The summed E-state index contributed by atoms with van der Waals surface area (Å²) >= 11 is 0. The van der Waals surface area contributed by atoms with E-state index in [-0.39, 0.29) is 17.8 Å². The summed E-state index contributed by atoms with van der Waals surface area (Å²) in [7, 11) is 0. The summed E-state index contributed by atoms with van der Waals surface area (Å²) < 4.78 is 19.0. The lowest BCUT2D eigenvalue weighted by Crippen LogP contribution is -2.49. The van der Waals surface area contributed by atoms with Crippen LogP contribution in [0.1, 0.15) is 22.2 Å². The van der Waals surface area contributed by atoms with Gasteiger partial charge in [0.1, 0.15) is 11.6 Å². The van der Waals surface area contributed by atoms with Gasteiger partial charge in [0.05, 0.1) is 12.3 Å². The lowest BCUT2D eigenvalue weighted by Gasteiger charge is -2.39. The minimum atomic E-state index is -0.225. The Hall–Kier alpha value is -3.64. The lowest BCUT2D eigenvalue weighted by molar-refractivity contribution is 0.0923. The number of nitrogens with zero attached hydrogens (tertiary/aromatic N) is 2. The van der Waals surface area contributed by atoms with Crippen molar-refractivity contribution in [2.75, 3.05) is 37.6 Å². The highest BCUT2D eigenvalue weighted by Crippen LogP contribution is 2.25. The van der Waals surface area contributed by atoms with Crippen LogP contribution in [0.3, 0.4) is 0 Å².